The van der Waals surface area contributed by atoms with Crippen LogP contribution < -0.4 is 10.6 Å². The molecular weight excluding hydrogens is 395 g/mol. The quantitative estimate of drug-likeness (QED) is 0.562. The average molecular weight is 410 g/mol. The molecule has 3 aromatic heterocycles. The molecule has 10 heteroatoms. The number of anilines is 2. The van der Waals surface area contributed by atoms with Gasteiger partial charge in [0.15, 0.2) is 0 Å². The Bertz CT molecular complexity index is 1040. The highest BCUT2D eigenvalue weighted by atomic mass is 35.5. The lowest BCUT2D eigenvalue weighted by atomic mass is 10.0. The Labute approximate surface area is 163 Å². The van der Waals surface area contributed by atoms with E-state index in [0.717, 1.165) is 12.3 Å². The molecule has 0 aliphatic heterocycles. The SMILES string of the molecule is CC(C)c1c(NC(=O)Nc2ccnc(C(F)(F)F)c2)cnc2ccc(Cl)nc12. The van der Waals surface area contributed by atoms with Gasteiger partial charge in [0.25, 0.3) is 0 Å². The number of hydrogen-bond acceptors (Lipinski definition) is 4. The first-order valence-electron chi connectivity index (χ1n) is 8.21. The predicted octanol–water partition coefficient (Wildman–Crippen LogP) is 5.46. The molecule has 3 rings (SSSR count). The maximum Gasteiger partial charge on any atom is 0.433 e. The van der Waals surface area contributed by atoms with Crippen molar-refractivity contribution in [2.24, 2.45) is 0 Å². The molecule has 0 unspecified atom stereocenters. The molecule has 0 atom stereocenters. The zero-order valence-electron chi connectivity index (χ0n) is 14.8. The van der Waals surface area contributed by atoms with Crippen LogP contribution in [0.15, 0.2) is 36.7 Å². The third kappa shape index (κ3) is 4.30. The van der Waals surface area contributed by atoms with Crippen LogP contribution in [0.4, 0.5) is 29.3 Å². The van der Waals surface area contributed by atoms with Crippen molar-refractivity contribution < 1.29 is 18.0 Å². The smallest absolute Gasteiger partial charge is 0.308 e. The van der Waals surface area contributed by atoms with Crippen molar-refractivity contribution in [2.75, 3.05) is 10.6 Å². The van der Waals surface area contributed by atoms with Gasteiger partial charge in [-0.2, -0.15) is 13.2 Å². The molecule has 0 aliphatic carbocycles. The molecule has 0 radical (unpaired) electrons. The van der Waals surface area contributed by atoms with Crippen LogP contribution in [-0.4, -0.2) is 21.0 Å². The molecule has 0 bridgehead atoms. The molecule has 0 saturated heterocycles. The monoisotopic (exact) mass is 409 g/mol. The summed E-state index contributed by atoms with van der Waals surface area (Å²) in [6, 6.07) is 4.63. The molecule has 0 aromatic carbocycles. The Balaban J connectivity index is 1.88. The molecule has 0 spiro atoms. The van der Waals surface area contributed by atoms with Gasteiger partial charge in [-0.05, 0) is 30.2 Å². The second kappa shape index (κ2) is 7.59. The third-order valence-corrected chi connectivity index (χ3v) is 4.06. The summed E-state index contributed by atoms with van der Waals surface area (Å²) >= 11 is 5.98. The summed E-state index contributed by atoms with van der Waals surface area (Å²) in [5.74, 6) is -0.0236. The molecule has 146 valence electrons. The van der Waals surface area contributed by atoms with E-state index in [9.17, 15) is 18.0 Å². The Kier molecular flexibility index (Phi) is 5.37. The molecule has 2 N–H and O–H groups in total. The van der Waals surface area contributed by atoms with Gasteiger partial charge in [-0.1, -0.05) is 25.4 Å². The summed E-state index contributed by atoms with van der Waals surface area (Å²) in [4.78, 5) is 24.1. The topological polar surface area (TPSA) is 79.8 Å². The Morgan fingerprint density at radius 2 is 1.89 bits per heavy atom. The van der Waals surface area contributed by atoms with Crippen molar-refractivity contribution in [3.8, 4) is 0 Å². The van der Waals surface area contributed by atoms with Gasteiger partial charge < -0.3 is 10.6 Å². The van der Waals surface area contributed by atoms with E-state index < -0.39 is 17.9 Å². The first kappa shape index (κ1) is 19.8. The number of carbonyl (C=O) groups is 1. The number of halogens is 4. The van der Waals surface area contributed by atoms with Crippen molar-refractivity contribution in [1.82, 2.24) is 15.0 Å². The largest absolute Gasteiger partial charge is 0.433 e. The first-order valence-corrected chi connectivity index (χ1v) is 8.59. The van der Waals surface area contributed by atoms with Crippen molar-refractivity contribution in [2.45, 2.75) is 25.9 Å². The van der Waals surface area contributed by atoms with Crippen LogP contribution in [-0.2, 0) is 6.18 Å². The highest BCUT2D eigenvalue weighted by Crippen LogP contribution is 2.31. The van der Waals surface area contributed by atoms with E-state index >= 15 is 0 Å². The van der Waals surface area contributed by atoms with Crippen molar-refractivity contribution >= 4 is 40.0 Å². The van der Waals surface area contributed by atoms with Crippen LogP contribution >= 0.6 is 11.6 Å². The maximum absolute atomic E-state index is 12.8. The van der Waals surface area contributed by atoms with E-state index in [4.69, 9.17) is 11.6 Å². The van der Waals surface area contributed by atoms with Gasteiger partial charge in [0.1, 0.15) is 10.8 Å². The van der Waals surface area contributed by atoms with Crippen molar-refractivity contribution in [3.63, 3.8) is 0 Å². The number of hydrogen-bond donors (Lipinski definition) is 2. The summed E-state index contributed by atoms with van der Waals surface area (Å²) in [6.45, 7) is 3.83. The van der Waals surface area contributed by atoms with E-state index in [2.05, 4.69) is 25.6 Å². The fourth-order valence-electron chi connectivity index (χ4n) is 2.69. The summed E-state index contributed by atoms with van der Waals surface area (Å²) in [6.07, 6.45) is -2.16. The molecule has 0 saturated carbocycles. The Morgan fingerprint density at radius 3 is 2.57 bits per heavy atom. The fraction of sp³-hybridized carbons (Fsp3) is 0.222. The van der Waals surface area contributed by atoms with Crippen LogP contribution in [0.3, 0.4) is 0 Å². The standard InChI is InChI=1S/C18H15ClF3N5O/c1-9(2)15-12(8-24-11-3-4-14(19)27-16(11)15)26-17(28)25-10-5-6-23-13(7-10)18(20,21)22/h3-9H,1-2H3,(H2,23,25,26,28). The molecule has 3 aromatic rings. The molecule has 0 fully saturated rings. The number of rotatable bonds is 3. The van der Waals surface area contributed by atoms with E-state index in [0.29, 0.717) is 22.3 Å². The second-order valence-corrected chi connectivity index (χ2v) is 6.64. The number of aromatic nitrogens is 3. The minimum absolute atomic E-state index is 0.0236. The van der Waals surface area contributed by atoms with Crippen molar-refractivity contribution in [1.29, 1.82) is 0 Å². The normalized spacial score (nSPS) is 11.7. The lowest BCUT2D eigenvalue weighted by Gasteiger charge is -2.16. The molecule has 0 aliphatic rings. The number of alkyl halides is 3. The van der Waals surface area contributed by atoms with Gasteiger partial charge in [0.2, 0.25) is 0 Å². The van der Waals surface area contributed by atoms with Gasteiger partial charge >= 0.3 is 12.2 Å². The third-order valence-electron chi connectivity index (χ3n) is 3.85. The van der Waals surface area contributed by atoms with Gasteiger partial charge in [-0.3, -0.25) is 9.97 Å². The first-order chi connectivity index (χ1) is 13.1. The molecular formula is C18H15ClF3N5O. The van der Waals surface area contributed by atoms with Gasteiger partial charge in [0.05, 0.1) is 22.9 Å². The van der Waals surface area contributed by atoms with Gasteiger partial charge in [0, 0.05) is 17.4 Å². The number of nitrogens with zero attached hydrogens (tertiary/aromatic N) is 3. The maximum atomic E-state index is 12.8. The Morgan fingerprint density at radius 1 is 1.14 bits per heavy atom. The number of pyridine rings is 3. The average Bonchev–Trinajstić information content (AvgIpc) is 2.60. The van der Waals surface area contributed by atoms with E-state index in [1.54, 1.807) is 12.1 Å². The second-order valence-electron chi connectivity index (χ2n) is 6.25. The summed E-state index contributed by atoms with van der Waals surface area (Å²) in [5.41, 5.74) is 1.13. The molecule has 28 heavy (non-hydrogen) atoms. The van der Waals surface area contributed by atoms with E-state index in [-0.39, 0.29) is 16.8 Å². The summed E-state index contributed by atoms with van der Waals surface area (Å²) in [7, 11) is 0. The number of carbonyl (C=O) groups excluding carboxylic acids is 1. The minimum Gasteiger partial charge on any atom is -0.308 e. The van der Waals surface area contributed by atoms with E-state index in [1.165, 1.54) is 12.3 Å². The molecule has 6 nitrogen and oxygen atoms in total. The fourth-order valence-corrected chi connectivity index (χ4v) is 2.84. The van der Waals surface area contributed by atoms with Gasteiger partial charge in [-0.15, -0.1) is 0 Å². The molecule has 2 amide bonds. The van der Waals surface area contributed by atoms with Crippen LogP contribution in [0.25, 0.3) is 11.0 Å². The van der Waals surface area contributed by atoms with E-state index in [1.807, 2.05) is 13.8 Å². The molecule has 3 heterocycles. The number of urea groups is 1. The predicted molar refractivity (Wildman–Crippen MR) is 101 cm³/mol. The van der Waals surface area contributed by atoms with Crippen molar-refractivity contribution in [3.05, 3.63) is 53.1 Å². The van der Waals surface area contributed by atoms with Gasteiger partial charge in [-0.25, -0.2) is 9.78 Å². The van der Waals surface area contributed by atoms with Crippen LogP contribution in [0.2, 0.25) is 5.15 Å². The zero-order chi connectivity index (χ0) is 20.5. The lowest BCUT2D eigenvalue weighted by Crippen LogP contribution is -2.21. The van der Waals surface area contributed by atoms with Crippen LogP contribution in [0, 0.1) is 0 Å². The minimum atomic E-state index is -4.60. The Hall–Kier alpha value is -2.94. The number of fused-ring (bicyclic) bond motifs is 1. The van der Waals surface area contributed by atoms with Crippen LogP contribution in [0.1, 0.15) is 31.0 Å². The summed E-state index contributed by atoms with van der Waals surface area (Å²) < 4.78 is 38.3. The highest BCUT2D eigenvalue weighted by Gasteiger charge is 2.32. The summed E-state index contributed by atoms with van der Waals surface area (Å²) in [5, 5.41) is 5.26. The van der Waals surface area contributed by atoms with Crippen LogP contribution in [0.5, 0.6) is 0 Å². The lowest BCUT2D eigenvalue weighted by molar-refractivity contribution is -0.141. The number of nitrogens with one attached hydrogen (secondary N) is 2. The highest BCUT2D eigenvalue weighted by molar-refractivity contribution is 6.29. The number of amides is 2. The zero-order valence-corrected chi connectivity index (χ0v) is 15.6.